The second kappa shape index (κ2) is 9.41. The molecular weight excluding hydrogens is 507 g/mol. The number of methoxy groups -OCH3 is 1. The van der Waals surface area contributed by atoms with Crippen LogP contribution in [0.5, 0.6) is 17.4 Å². The highest BCUT2D eigenvalue weighted by Crippen LogP contribution is 2.44. The molecule has 7 nitrogen and oxygen atoms in total. The molecule has 38 heavy (non-hydrogen) atoms. The highest BCUT2D eigenvalue weighted by atomic mass is 32.1. The fraction of sp³-hybridized carbons (Fsp3) is 0.241. The maximum Gasteiger partial charge on any atom is 0.311 e. The minimum absolute atomic E-state index is 0.159. The van der Waals surface area contributed by atoms with E-state index in [1.807, 2.05) is 6.07 Å². The summed E-state index contributed by atoms with van der Waals surface area (Å²) in [5.74, 6) is 0.990. The fourth-order valence-electron chi connectivity index (χ4n) is 4.42. The van der Waals surface area contributed by atoms with E-state index in [1.54, 1.807) is 65.2 Å². The second-order valence-corrected chi connectivity index (χ2v) is 10.8. The molecule has 0 aliphatic rings. The Morgan fingerprint density at radius 1 is 1.08 bits per heavy atom. The van der Waals surface area contributed by atoms with E-state index in [9.17, 15) is 14.3 Å². The smallest absolute Gasteiger partial charge is 0.311 e. The van der Waals surface area contributed by atoms with Gasteiger partial charge >= 0.3 is 5.95 Å². The van der Waals surface area contributed by atoms with Crippen molar-refractivity contribution in [3.63, 3.8) is 0 Å². The molecular formula is C29H27FN2O5S. The number of nitrogens with zero attached hydrogens (tertiary/aromatic N) is 2. The summed E-state index contributed by atoms with van der Waals surface area (Å²) in [5.41, 5.74) is 2.68. The van der Waals surface area contributed by atoms with E-state index < -0.39 is 5.60 Å². The summed E-state index contributed by atoms with van der Waals surface area (Å²) in [4.78, 5) is 13.9. The van der Waals surface area contributed by atoms with Crippen molar-refractivity contribution in [3.8, 4) is 39.1 Å². The average molecular weight is 535 g/mol. The maximum absolute atomic E-state index is 14.0. The van der Waals surface area contributed by atoms with Gasteiger partial charge in [0, 0.05) is 29.1 Å². The lowest BCUT2D eigenvalue weighted by Crippen LogP contribution is -2.17. The summed E-state index contributed by atoms with van der Waals surface area (Å²) in [6, 6.07) is 11.8. The molecule has 3 aromatic heterocycles. The lowest BCUT2D eigenvalue weighted by Gasteiger charge is -2.22. The van der Waals surface area contributed by atoms with Gasteiger partial charge in [0.1, 0.15) is 23.0 Å². The van der Waals surface area contributed by atoms with Gasteiger partial charge in [-0.3, -0.25) is 4.79 Å². The molecule has 0 bridgehead atoms. The molecule has 0 radical (unpaired) electrons. The fourth-order valence-corrected chi connectivity index (χ4v) is 5.54. The van der Waals surface area contributed by atoms with Gasteiger partial charge in [-0.05, 0) is 74.7 Å². The zero-order chi connectivity index (χ0) is 27.4. The highest BCUT2D eigenvalue weighted by Gasteiger charge is 2.23. The Morgan fingerprint density at radius 2 is 1.79 bits per heavy atom. The number of ether oxygens (including phenoxy) is 2. The van der Waals surface area contributed by atoms with Crippen molar-refractivity contribution in [2.45, 2.75) is 33.3 Å². The van der Waals surface area contributed by atoms with Crippen LogP contribution in [0.1, 0.15) is 30.5 Å². The molecule has 5 aromatic rings. The number of aromatic nitrogens is 2. The SMILES string of the molecule is COc1cc(-c2cc3c(=O)n(C)cc(-c4cc(C(C)(C)O)ccc4Oc4c(C)cc(F)cc4C)c3s2)no1. The van der Waals surface area contributed by atoms with Gasteiger partial charge in [0.2, 0.25) is 0 Å². The summed E-state index contributed by atoms with van der Waals surface area (Å²) in [5, 5.41) is 15.4. The number of thiophene rings is 1. The van der Waals surface area contributed by atoms with Crippen molar-refractivity contribution in [2.24, 2.45) is 7.05 Å². The Hall–Kier alpha value is -3.95. The first-order valence-electron chi connectivity index (χ1n) is 11.9. The van der Waals surface area contributed by atoms with Crippen LogP contribution in [0, 0.1) is 19.7 Å². The molecule has 5 rings (SSSR count). The number of fused-ring (bicyclic) bond motifs is 1. The first-order chi connectivity index (χ1) is 18.0. The first kappa shape index (κ1) is 25.7. The zero-order valence-electron chi connectivity index (χ0n) is 21.9. The molecule has 0 fully saturated rings. The van der Waals surface area contributed by atoms with Crippen LogP contribution >= 0.6 is 11.3 Å². The summed E-state index contributed by atoms with van der Waals surface area (Å²) < 4.78 is 32.9. The van der Waals surface area contributed by atoms with Crippen molar-refractivity contribution in [2.75, 3.05) is 7.11 Å². The maximum atomic E-state index is 14.0. The number of hydrogen-bond acceptors (Lipinski definition) is 7. The lowest BCUT2D eigenvalue weighted by atomic mass is 9.93. The Bertz CT molecular complexity index is 1720. The summed E-state index contributed by atoms with van der Waals surface area (Å²) in [6.45, 7) is 6.99. The van der Waals surface area contributed by atoms with Crippen LogP contribution in [0.4, 0.5) is 4.39 Å². The van der Waals surface area contributed by atoms with Gasteiger partial charge in [0.05, 0.1) is 29.0 Å². The van der Waals surface area contributed by atoms with E-state index in [2.05, 4.69) is 5.16 Å². The monoisotopic (exact) mass is 534 g/mol. The number of rotatable bonds is 6. The molecule has 1 N–H and O–H groups in total. The largest absolute Gasteiger partial charge is 0.467 e. The Morgan fingerprint density at radius 3 is 2.42 bits per heavy atom. The molecule has 0 spiro atoms. The third kappa shape index (κ3) is 4.59. The summed E-state index contributed by atoms with van der Waals surface area (Å²) >= 11 is 1.40. The van der Waals surface area contributed by atoms with Crippen molar-refractivity contribution in [1.82, 2.24) is 9.72 Å². The molecule has 0 aliphatic heterocycles. The van der Waals surface area contributed by atoms with E-state index in [0.717, 1.165) is 15.1 Å². The number of benzene rings is 2. The van der Waals surface area contributed by atoms with Crippen LogP contribution in [-0.4, -0.2) is 21.9 Å². The van der Waals surface area contributed by atoms with Crippen LogP contribution in [0.25, 0.3) is 31.8 Å². The zero-order valence-corrected chi connectivity index (χ0v) is 22.7. The molecule has 196 valence electrons. The van der Waals surface area contributed by atoms with Crippen LogP contribution in [0.3, 0.4) is 0 Å². The summed E-state index contributed by atoms with van der Waals surface area (Å²) in [7, 11) is 3.18. The molecule has 0 amide bonds. The lowest BCUT2D eigenvalue weighted by molar-refractivity contribution is 0.0786. The van der Waals surface area contributed by atoms with Gasteiger partial charge in [-0.15, -0.1) is 11.3 Å². The summed E-state index contributed by atoms with van der Waals surface area (Å²) in [6.07, 6.45) is 1.76. The van der Waals surface area contributed by atoms with E-state index in [0.29, 0.717) is 44.8 Å². The van der Waals surface area contributed by atoms with E-state index >= 15 is 0 Å². The van der Waals surface area contributed by atoms with Gasteiger partial charge in [-0.2, -0.15) is 0 Å². The van der Waals surface area contributed by atoms with Crippen molar-refractivity contribution in [3.05, 3.63) is 81.5 Å². The standard InChI is InChI=1S/C29H27FN2O5S/c1-15-9-18(30)10-16(2)26(15)36-23-8-7-17(29(3,4)34)11-19(23)21-14-32(5)28(33)20-12-24(38-27(20)21)22-13-25(35-6)37-31-22/h7-14,34H,1-6H3. The molecule has 0 atom stereocenters. The van der Waals surface area contributed by atoms with Crippen molar-refractivity contribution < 1.29 is 23.5 Å². The number of halogens is 1. The van der Waals surface area contributed by atoms with Crippen molar-refractivity contribution >= 4 is 21.4 Å². The topological polar surface area (TPSA) is 86.7 Å². The van der Waals surface area contributed by atoms with Gasteiger partial charge in [-0.25, -0.2) is 4.39 Å². The minimum Gasteiger partial charge on any atom is -0.467 e. The normalized spacial score (nSPS) is 11.8. The van der Waals surface area contributed by atoms with Gasteiger partial charge < -0.3 is 23.7 Å². The van der Waals surface area contributed by atoms with Crippen LogP contribution in [-0.2, 0) is 12.6 Å². The molecule has 9 heteroatoms. The first-order valence-corrected chi connectivity index (χ1v) is 12.7. The Balaban J connectivity index is 1.76. The number of pyridine rings is 1. The highest BCUT2D eigenvalue weighted by molar-refractivity contribution is 7.22. The molecule has 0 saturated carbocycles. The number of aliphatic hydroxyl groups is 1. The number of aryl methyl sites for hydroxylation is 3. The second-order valence-electron chi connectivity index (χ2n) is 9.79. The van der Waals surface area contributed by atoms with E-state index in [4.69, 9.17) is 14.0 Å². The number of hydrogen-bond donors (Lipinski definition) is 1. The van der Waals surface area contributed by atoms with E-state index in [-0.39, 0.29) is 17.3 Å². The van der Waals surface area contributed by atoms with E-state index in [1.165, 1.54) is 35.1 Å². The third-order valence-electron chi connectivity index (χ3n) is 6.41. The van der Waals surface area contributed by atoms with Gasteiger partial charge in [0.15, 0.2) is 0 Å². The molecule has 2 aromatic carbocycles. The Labute approximate surface area is 222 Å². The minimum atomic E-state index is -1.12. The molecule has 3 heterocycles. The Kier molecular flexibility index (Phi) is 6.36. The van der Waals surface area contributed by atoms with Crippen LogP contribution < -0.4 is 15.0 Å². The van der Waals surface area contributed by atoms with Crippen LogP contribution in [0.15, 0.2) is 58.0 Å². The van der Waals surface area contributed by atoms with Crippen molar-refractivity contribution in [1.29, 1.82) is 0 Å². The molecule has 0 unspecified atom stereocenters. The molecule has 0 saturated heterocycles. The predicted octanol–water partition coefficient (Wildman–Crippen LogP) is 6.71. The average Bonchev–Trinajstić information content (AvgIpc) is 3.51. The van der Waals surface area contributed by atoms with Gasteiger partial charge in [0.25, 0.3) is 5.56 Å². The molecule has 0 aliphatic carbocycles. The predicted molar refractivity (Wildman–Crippen MR) is 146 cm³/mol. The third-order valence-corrected chi connectivity index (χ3v) is 7.60. The van der Waals surface area contributed by atoms with Crippen LogP contribution in [0.2, 0.25) is 0 Å². The van der Waals surface area contributed by atoms with Gasteiger partial charge in [-0.1, -0.05) is 11.2 Å². The quantitative estimate of drug-likeness (QED) is 0.261.